The van der Waals surface area contributed by atoms with Crippen molar-refractivity contribution >= 4 is 5.82 Å². The molecule has 1 saturated heterocycles. The first-order valence-corrected chi connectivity index (χ1v) is 7.95. The lowest BCUT2D eigenvalue weighted by Crippen LogP contribution is -2.38. The third-order valence-electron chi connectivity index (χ3n) is 4.46. The Hall–Kier alpha value is -2.28. The standard InChI is InChI=1S/C16H19N5O2/c1-10-6-18-15(7-17-10)19-13-8-23-9-14(13)21-16(22)5-11-3-2-4-12(11)20-21/h5-7,13-14H,2-4,8-9H2,1H3,(H,18,19). The Morgan fingerprint density at radius 3 is 3.00 bits per heavy atom. The quantitative estimate of drug-likeness (QED) is 0.906. The van der Waals surface area contributed by atoms with E-state index in [0.29, 0.717) is 19.0 Å². The van der Waals surface area contributed by atoms with Crippen molar-refractivity contribution in [1.82, 2.24) is 19.7 Å². The van der Waals surface area contributed by atoms with Crippen molar-refractivity contribution in [2.45, 2.75) is 38.3 Å². The summed E-state index contributed by atoms with van der Waals surface area (Å²) in [5.41, 5.74) is 2.96. The molecule has 0 radical (unpaired) electrons. The Bertz CT molecular complexity index is 771. The van der Waals surface area contributed by atoms with Gasteiger partial charge >= 0.3 is 0 Å². The maximum atomic E-state index is 12.4. The summed E-state index contributed by atoms with van der Waals surface area (Å²) < 4.78 is 7.16. The minimum Gasteiger partial charge on any atom is -0.377 e. The number of hydrogen-bond donors (Lipinski definition) is 1. The molecule has 7 heteroatoms. The van der Waals surface area contributed by atoms with Crippen molar-refractivity contribution in [2.75, 3.05) is 18.5 Å². The molecular weight excluding hydrogens is 294 g/mol. The van der Waals surface area contributed by atoms with E-state index in [2.05, 4.69) is 20.4 Å². The molecule has 1 N–H and O–H groups in total. The van der Waals surface area contributed by atoms with E-state index in [-0.39, 0.29) is 17.6 Å². The van der Waals surface area contributed by atoms with Crippen LogP contribution < -0.4 is 10.9 Å². The van der Waals surface area contributed by atoms with Crippen molar-refractivity contribution in [3.8, 4) is 0 Å². The molecule has 2 unspecified atom stereocenters. The van der Waals surface area contributed by atoms with Crippen LogP contribution in [0.15, 0.2) is 23.3 Å². The first-order chi connectivity index (χ1) is 11.2. The summed E-state index contributed by atoms with van der Waals surface area (Å²) in [6.45, 7) is 2.89. The lowest BCUT2D eigenvalue weighted by Gasteiger charge is -2.21. The summed E-state index contributed by atoms with van der Waals surface area (Å²) in [4.78, 5) is 20.9. The second-order valence-corrected chi connectivity index (χ2v) is 6.15. The molecule has 7 nitrogen and oxygen atoms in total. The molecule has 0 saturated carbocycles. The van der Waals surface area contributed by atoms with E-state index >= 15 is 0 Å². The van der Waals surface area contributed by atoms with Crippen LogP contribution in [0.5, 0.6) is 0 Å². The van der Waals surface area contributed by atoms with Gasteiger partial charge in [-0.05, 0) is 31.7 Å². The fourth-order valence-electron chi connectivity index (χ4n) is 3.23. The Balaban J connectivity index is 1.60. The van der Waals surface area contributed by atoms with Gasteiger partial charge in [0.15, 0.2) is 0 Å². The Morgan fingerprint density at radius 1 is 1.26 bits per heavy atom. The van der Waals surface area contributed by atoms with E-state index in [0.717, 1.165) is 36.2 Å². The SMILES string of the molecule is Cc1cnc(NC2COCC2n2nc3c(cc2=O)CCC3)cn1. The molecule has 2 aliphatic rings. The van der Waals surface area contributed by atoms with Crippen molar-refractivity contribution in [2.24, 2.45) is 0 Å². The molecule has 2 aromatic rings. The highest BCUT2D eigenvalue weighted by Gasteiger charge is 2.32. The molecule has 2 aromatic heterocycles. The van der Waals surface area contributed by atoms with Gasteiger partial charge in [0.1, 0.15) is 11.9 Å². The maximum absolute atomic E-state index is 12.4. The van der Waals surface area contributed by atoms with Gasteiger partial charge in [0, 0.05) is 6.07 Å². The van der Waals surface area contributed by atoms with Gasteiger partial charge in [-0.2, -0.15) is 5.10 Å². The Kier molecular flexibility index (Phi) is 3.57. The maximum Gasteiger partial charge on any atom is 0.267 e. The van der Waals surface area contributed by atoms with Crippen LogP contribution in [0.4, 0.5) is 5.82 Å². The van der Waals surface area contributed by atoms with E-state index in [1.54, 1.807) is 23.1 Å². The second-order valence-electron chi connectivity index (χ2n) is 6.15. The highest BCUT2D eigenvalue weighted by Crippen LogP contribution is 2.23. The number of anilines is 1. The van der Waals surface area contributed by atoms with Crippen LogP contribution in [-0.4, -0.2) is 39.0 Å². The summed E-state index contributed by atoms with van der Waals surface area (Å²) in [5, 5.41) is 7.90. The Labute approximate surface area is 133 Å². The molecule has 3 heterocycles. The molecule has 0 aromatic carbocycles. The van der Waals surface area contributed by atoms with Crippen LogP contribution in [0.25, 0.3) is 0 Å². The average Bonchev–Trinajstić information content (AvgIpc) is 3.17. The Morgan fingerprint density at radius 2 is 2.17 bits per heavy atom. The highest BCUT2D eigenvalue weighted by molar-refractivity contribution is 5.33. The van der Waals surface area contributed by atoms with Gasteiger partial charge in [0.2, 0.25) is 0 Å². The minimum absolute atomic E-state index is 0.0448. The van der Waals surface area contributed by atoms with E-state index in [1.807, 2.05) is 6.92 Å². The minimum atomic E-state index is -0.128. The summed E-state index contributed by atoms with van der Waals surface area (Å²) >= 11 is 0. The molecule has 0 spiro atoms. The zero-order valence-electron chi connectivity index (χ0n) is 13.0. The van der Waals surface area contributed by atoms with Gasteiger partial charge in [-0.1, -0.05) is 0 Å². The summed E-state index contributed by atoms with van der Waals surface area (Å²) in [6, 6.07) is 1.56. The predicted molar refractivity (Wildman–Crippen MR) is 84.6 cm³/mol. The van der Waals surface area contributed by atoms with Crippen molar-refractivity contribution in [1.29, 1.82) is 0 Å². The van der Waals surface area contributed by atoms with Crippen LogP contribution in [-0.2, 0) is 17.6 Å². The zero-order valence-corrected chi connectivity index (χ0v) is 13.0. The molecule has 1 aliphatic heterocycles. The van der Waals surface area contributed by atoms with E-state index in [4.69, 9.17) is 4.74 Å². The number of aromatic nitrogens is 4. The number of aryl methyl sites for hydroxylation is 3. The molecular formula is C16H19N5O2. The number of fused-ring (bicyclic) bond motifs is 1. The van der Waals surface area contributed by atoms with Crippen molar-refractivity contribution in [3.05, 3.63) is 45.8 Å². The highest BCUT2D eigenvalue weighted by atomic mass is 16.5. The third-order valence-corrected chi connectivity index (χ3v) is 4.46. The summed E-state index contributed by atoms with van der Waals surface area (Å²) in [6.07, 6.45) is 6.40. The smallest absolute Gasteiger partial charge is 0.267 e. The van der Waals surface area contributed by atoms with Gasteiger partial charge in [-0.15, -0.1) is 0 Å². The van der Waals surface area contributed by atoms with Crippen molar-refractivity contribution in [3.63, 3.8) is 0 Å². The van der Waals surface area contributed by atoms with Crippen LogP contribution in [0, 0.1) is 6.92 Å². The largest absolute Gasteiger partial charge is 0.377 e. The molecule has 4 rings (SSSR count). The number of ether oxygens (including phenoxy) is 1. The number of nitrogens with one attached hydrogen (secondary N) is 1. The average molecular weight is 313 g/mol. The molecule has 23 heavy (non-hydrogen) atoms. The van der Waals surface area contributed by atoms with Crippen LogP contribution in [0.3, 0.4) is 0 Å². The monoisotopic (exact) mass is 313 g/mol. The molecule has 2 atom stereocenters. The fraction of sp³-hybridized carbons (Fsp3) is 0.500. The first-order valence-electron chi connectivity index (χ1n) is 7.95. The lowest BCUT2D eigenvalue weighted by atomic mass is 10.1. The molecule has 0 amide bonds. The normalized spacial score (nSPS) is 23.0. The molecule has 1 aliphatic carbocycles. The number of hydrogen-bond acceptors (Lipinski definition) is 6. The van der Waals surface area contributed by atoms with Crippen LogP contribution in [0.1, 0.15) is 29.4 Å². The number of nitrogens with zero attached hydrogens (tertiary/aromatic N) is 4. The molecule has 120 valence electrons. The van der Waals surface area contributed by atoms with E-state index < -0.39 is 0 Å². The summed E-state index contributed by atoms with van der Waals surface area (Å²) in [5.74, 6) is 0.685. The lowest BCUT2D eigenvalue weighted by molar-refractivity contribution is 0.182. The van der Waals surface area contributed by atoms with Crippen molar-refractivity contribution < 1.29 is 4.74 Å². The van der Waals surface area contributed by atoms with Gasteiger partial charge < -0.3 is 10.1 Å². The van der Waals surface area contributed by atoms with Crippen LogP contribution >= 0.6 is 0 Å². The van der Waals surface area contributed by atoms with Crippen LogP contribution in [0.2, 0.25) is 0 Å². The number of rotatable bonds is 3. The van der Waals surface area contributed by atoms with E-state index in [9.17, 15) is 4.79 Å². The summed E-state index contributed by atoms with van der Waals surface area (Å²) in [7, 11) is 0. The van der Waals surface area contributed by atoms with Gasteiger partial charge in [-0.25, -0.2) is 9.67 Å². The first kappa shape index (κ1) is 14.3. The predicted octanol–water partition coefficient (Wildman–Crippen LogP) is 0.882. The van der Waals surface area contributed by atoms with E-state index in [1.165, 1.54) is 0 Å². The molecule has 0 bridgehead atoms. The zero-order chi connectivity index (χ0) is 15.8. The van der Waals surface area contributed by atoms with Gasteiger partial charge in [-0.3, -0.25) is 9.78 Å². The topological polar surface area (TPSA) is 81.9 Å². The van der Waals surface area contributed by atoms with Gasteiger partial charge in [0.25, 0.3) is 5.56 Å². The third kappa shape index (κ3) is 2.72. The molecule has 1 fully saturated rings. The fourth-order valence-corrected chi connectivity index (χ4v) is 3.23. The van der Waals surface area contributed by atoms with Gasteiger partial charge in [0.05, 0.1) is 43.0 Å². The second kappa shape index (κ2) is 5.73.